The van der Waals surface area contributed by atoms with Crippen LogP contribution < -0.4 is 10.6 Å². The average Bonchev–Trinajstić information content (AvgIpc) is 3.41. The zero-order valence-corrected chi connectivity index (χ0v) is 27.7. The van der Waals surface area contributed by atoms with Gasteiger partial charge in [0.1, 0.15) is 12.6 Å². The van der Waals surface area contributed by atoms with E-state index in [1.54, 1.807) is 0 Å². The molecule has 3 amide bonds. The lowest BCUT2D eigenvalue weighted by Crippen LogP contribution is -2.58. The normalized spacial score (nSPS) is 16.6. The maximum Gasteiger partial charge on any atom is 0.407 e. The molecule has 0 bridgehead atoms. The highest BCUT2D eigenvalue weighted by Gasteiger charge is 2.49. The quantitative estimate of drug-likeness (QED) is 0.188. The number of aliphatic hydroxyl groups is 1. The predicted octanol–water partition coefficient (Wildman–Crippen LogP) is 5.86. The fourth-order valence-corrected chi connectivity index (χ4v) is 6.86. The Labute approximate surface area is 280 Å². The molecule has 0 spiro atoms. The van der Waals surface area contributed by atoms with Crippen molar-refractivity contribution in [1.82, 2.24) is 15.5 Å². The first-order chi connectivity index (χ1) is 22.6. The minimum Gasteiger partial charge on any atom is -0.445 e. The van der Waals surface area contributed by atoms with Gasteiger partial charge in [-0.3, -0.25) is 9.59 Å². The molecule has 8 nitrogen and oxygen atoms in total. The fourth-order valence-electron chi connectivity index (χ4n) is 5.72. The minimum atomic E-state index is -1.62. The lowest BCUT2D eigenvalue weighted by molar-refractivity contribution is -0.147. The number of thioether (sulfide) groups is 1. The maximum absolute atomic E-state index is 13.9. The van der Waals surface area contributed by atoms with E-state index in [1.165, 1.54) is 16.7 Å². The van der Waals surface area contributed by atoms with E-state index in [0.29, 0.717) is 6.54 Å². The monoisotopic (exact) mass is 651 g/mol. The third-order valence-corrected chi connectivity index (χ3v) is 9.83. The summed E-state index contributed by atoms with van der Waals surface area (Å²) in [5, 5.41) is 17.2. The molecule has 3 N–H and O–H groups in total. The number of nitrogens with zero attached hydrogens (tertiary/aromatic N) is 1. The van der Waals surface area contributed by atoms with Crippen molar-refractivity contribution >= 4 is 29.7 Å². The Morgan fingerprint density at radius 1 is 0.872 bits per heavy atom. The van der Waals surface area contributed by atoms with E-state index in [9.17, 15) is 19.5 Å². The number of carbonyl (C=O) groups is 3. The summed E-state index contributed by atoms with van der Waals surface area (Å²) in [6, 6.07) is 33.0. The topological polar surface area (TPSA) is 108 Å². The number of aryl methyl sites for hydroxylation is 1. The van der Waals surface area contributed by atoms with Crippen LogP contribution in [0.3, 0.4) is 0 Å². The molecular weight excluding hydrogens is 611 g/mol. The van der Waals surface area contributed by atoms with E-state index in [4.69, 9.17) is 4.74 Å². The maximum atomic E-state index is 13.9. The number of alkyl carbamates (subject to hydrolysis) is 1. The molecule has 1 fully saturated rings. The Morgan fingerprint density at radius 3 is 2.17 bits per heavy atom. The van der Waals surface area contributed by atoms with Crippen molar-refractivity contribution in [3.8, 4) is 11.1 Å². The van der Waals surface area contributed by atoms with E-state index in [2.05, 4.69) is 10.6 Å². The smallest absolute Gasteiger partial charge is 0.407 e. The number of benzene rings is 4. The first-order valence-electron chi connectivity index (χ1n) is 15.7. The zero-order chi connectivity index (χ0) is 33.4. The van der Waals surface area contributed by atoms with Gasteiger partial charge in [-0.2, -0.15) is 0 Å². The van der Waals surface area contributed by atoms with E-state index in [-0.39, 0.29) is 24.8 Å². The molecule has 1 aliphatic rings. The van der Waals surface area contributed by atoms with Gasteiger partial charge >= 0.3 is 6.09 Å². The molecule has 1 aliphatic heterocycles. The summed E-state index contributed by atoms with van der Waals surface area (Å²) in [4.78, 5) is 41.9. The first kappa shape index (κ1) is 33.8. The molecule has 3 atom stereocenters. The molecule has 47 heavy (non-hydrogen) atoms. The Kier molecular flexibility index (Phi) is 11.0. The Hall–Kier alpha value is -4.60. The van der Waals surface area contributed by atoms with Gasteiger partial charge in [0.25, 0.3) is 5.91 Å². The molecule has 1 heterocycles. The van der Waals surface area contributed by atoms with Crippen LogP contribution in [0.2, 0.25) is 0 Å². The van der Waals surface area contributed by atoms with Crippen LogP contribution in [-0.4, -0.2) is 56.7 Å². The van der Waals surface area contributed by atoms with Crippen molar-refractivity contribution in [3.05, 3.63) is 131 Å². The van der Waals surface area contributed by atoms with Crippen molar-refractivity contribution in [3.63, 3.8) is 0 Å². The van der Waals surface area contributed by atoms with E-state index in [1.807, 2.05) is 130 Å². The lowest BCUT2D eigenvalue weighted by atomic mass is 9.97. The van der Waals surface area contributed by atoms with E-state index >= 15 is 0 Å². The van der Waals surface area contributed by atoms with Gasteiger partial charge in [0.15, 0.2) is 6.10 Å². The summed E-state index contributed by atoms with van der Waals surface area (Å²) in [6.45, 7) is 6.16. The number of carbonyl (C=O) groups excluding carboxylic acids is 3. The van der Waals surface area contributed by atoms with Gasteiger partial charge in [0.05, 0.1) is 11.9 Å². The number of hydrogen-bond acceptors (Lipinski definition) is 6. The third kappa shape index (κ3) is 8.61. The van der Waals surface area contributed by atoms with Crippen LogP contribution in [0.4, 0.5) is 4.79 Å². The van der Waals surface area contributed by atoms with Gasteiger partial charge in [0.2, 0.25) is 5.91 Å². The highest BCUT2D eigenvalue weighted by atomic mass is 32.2. The number of ether oxygens (including phenoxy) is 1. The summed E-state index contributed by atoms with van der Waals surface area (Å²) in [5.74, 6) is -0.696. The van der Waals surface area contributed by atoms with Crippen LogP contribution in [0, 0.1) is 6.92 Å². The van der Waals surface area contributed by atoms with Crippen LogP contribution in [-0.2, 0) is 33.9 Å². The van der Waals surface area contributed by atoms with Crippen molar-refractivity contribution in [2.75, 3.05) is 5.88 Å². The van der Waals surface area contributed by atoms with Crippen LogP contribution in [0.5, 0.6) is 0 Å². The number of aliphatic hydroxyl groups excluding tert-OH is 1. The van der Waals surface area contributed by atoms with Gasteiger partial charge in [0, 0.05) is 11.3 Å². The standard InChI is InChI=1S/C38H41N3O5S/c1-26-12-10-11-17-31(26)23-39-35(43)34-38(2,3)47-25-41(34)36(44)33(42)32(22-27-13-6-4-7-14-27)40-37(45)46-24-28-18-20-30(21-19-28)29-15-8-5-9-16-29/h4-21,32-34,42H,22-25H2,1-3H3,(H,39,43)(H,40,45). The SMILES string of the molecule is Cc1ccccc1CNC(=O)C1N(C(=O)C(O)C(Cc2ccccc2)NC(=O)OCc2ccc(-c3ccccc3)cc2)CSC1(C)C. The first-order valence-corrected chi connectivity index (χ1v) is 16.7. The molecule has 0 aromatic heterocycles. The fraction of sp³-hybridized carbons (Fsp3) is 0.289. The van der Waals surface area contributed by atoms with Crippen LogP contribution in [0.1, 0.15) is 36.1 Å². The van der Waals surface area contributed by atoms with Crippen LogP contribution in [0.25, 0.3) is 11.1 Å². The van der Waals surface area contributed by atoms with Gasteiger partial charge in [-0.15, -0.1) is 11.8 Å². The molecule has 0 radical (unpaired) electrons. The second-order valence-electron chi connectivity index (χ2n) is 12.3. The van der Waals surface area contributed by atoms with Gasteiger partial charge in [-0.25, -0.2) is 4.79 Å². The highest BCUT2D eigenvalue weighted by molar-refractivity contribution is 8.00. The molecule has 4 aromatic rings. The van der Waals surface area contributed by atoms with Crippen molar-refractivity contribution in [2.45, 2.75) is 63.3 Å². The summed E-state index contributed by atoms with van der Waals surface area (Å²) >= 11 is 1.47. The summed E-state index contributed by atoms with van der Waals surface area (Å²) in [6.07, 6.45) is -2.19. The van der Waals surface area contributed by atoms with Gasteiger partial charge in [-0.05, 0) is 60.6 Å². The Morgan fingerprint density at radius 2 is 1.49 bits per heavy atom. The average molecular weight is 652 g/mol. The zero-order valence-electron chi connectivity index (χ0n) is 26.9. The number of rotatable bonds is 11. The number of hydrogen-bond donors (Lipinski definition) is 3. The second kappa shape index (κ2) is 15.3. The summed E-state index contributed by atoms with van der Waals surface area (Å²) in [5.41, 5.74) is 5.80. The lowest BCUT2D eigenvalue weighted by Gasteiger charge is -2.33. The highest BCUT2D eigenvalue weighted by Crippen LogP contribution is 2.40. The largest absolute Gasteiger partial charge is 0.445 e. The molecule has 3 unspecified atom stereocenters. The van der Waals surface area contributed by atoms with Gasteiger partial charge < -0.3 is 25.4 Å². The Balaban J connectivity index is 1.26. The second-order valence-corrected chi connectivity index (χ2v) is 13.9. The summed E-state index contributed by atoms with van der Waals surface area (Å²) < 4.78 is 4.92. The molecule has 244 valence electrons. The molecule has 1 saturated heterocycles. The van der Waals surface area contributed by atoms with E-state index < -0.39 is 34.9 Å². The van der Waals surface area contributed by atoms with Crippen molar-refractivity contribution in [1.29, 1.82) is 0 Å². The van der Waals surface area contributed by atoms with E-state index in [0.717, 1.165) is 33.4 Å². The number of nitrogens with one attached hydrogen (secondary N) is 2. The molecule has 4 aromatic carbocycles. The predicted molar refractivity (Wildman–Crippen MR) is 185 cm³/mol. The Bertz CT molecular complexity index is 1660. The van der Waals surface area contributed by atoms with Gasteiger partial charge in [-0.1, -0.05) is 109 Å². The van der Waals surface area contributed by atoms with Crippen molar-refractivity contribution in [2.24, 2.45) is 0 Å². The van der Waals surface area contributed by atoms with Crippen LogP contribution in [0.15, 0.2) is 109 Å². The molecular formula is C38H41N3O5S. The van der Waals surface area contributed by atoms with Crippen LogP contribution >= 0.6 is 11.8 Å². The summed E-state index contributed by atoms with van der Waals surface area (Å²) in [7, 11) is 0. The molecule has 0 aliphatic carbocycles. The number of amides is 3. The molecule has 9 heteroatoms. The molecule has 0 saturated carbocycles. The molecule has 5 rings (SSSR count). The third-order valence-electron chi connectivity index (χ3n) is 8.46. The van der Waals surface area contributed by atoms with Crippen molar-refractivity contribution < 1.29 is 24.2 Å². The minimum absolute atomic E-state index is 0.0170.